The van der Waals surface area contributed by atoms with Crippen LogP contribution in [0.3, 0.4) is 0 Å². The van der Waals surface area contributed by atoms with Gasteiger partial charge in [-0.1, -0.05) is 32.9 Å². The molecule has 0 bridgehead atoms. The van der Waals surface area contributed by atoms with Crippen molar-refractivity contribution in [1.29, 1.82) is 5.26 Å². The Morgan fingerprint density at radius 1 is 1.24 bits per heavy atom. The van der Waals surface area contributed by atoms with E-state index in [4.69, 9.17) is 5.26 Å². The molecule has 2 heterocycles. The Labute approximate surface area is 198 Å². The Morgan fingerprint density at radius 3 is 2.64 bits per heavy atom. The van der Waals surface area contributed by atoms with Gasteiger partial charge < -0.3 is 15.5 Å². The van der Waals surface area contributed by atoms with Gasteiger partial charge in [-0.15, -0.1) is 0 Å². The van der Waals surface area contributed by atoms with Gasteiger partial charge in [-0.3, -0.25) is 9.69 Å². The average Bonchev–Trinajstić information content (AvgIpc) is 3.30. The Kier molecular flexibility index (Phi) is 7.21. The molecule has 4 rings (SSSR count). The summed E-state index contributed by atoms with van der Waals surface area (Å²) in [6.45, 7) is 13.9. The van der Waals surface area contributed by atoms with Crippen molar-refractivity contribution in [2.75, 3.05) is 44.6 Å². The zero-order valence-corrected chi connectivity index (χ0v) is 20.3. The number of rotatable bonds is 6. The molecule has 0 aromatic heterocycles. The molecule has 0 spiro atoms. The molecule has 1 amide bonds. The lowest BCUT2D eigenvalue weighted by Gasteiger charge is -2.34. The zero-order chi connectivity index (χ0) is 23.4. The summed E-state index contributed by atoms with van der Waals surface area (Å²) < 4.78 is 0. The first-order chi connectivity index (χ1) is 15.9. The second-order valence-corrected chi connectivity index (χ2v) is 10.3. The molecule has 6 heteroatoms. The summed E-state index contributed by atoms with van der Waals surface area (Å²) in [5, 5.41) is 15.3. The summed E-state index contributed by atoms with van der Waals surface area (Å²) in [6.07, 6.45) is 7.30. The SMILES string of the molecule is CCN1CCN(Cc2ccc(NC(=O)C3=CC(C#N)CN3)c(C3=CCC(C)(C)CC3)c2)CC1. The number of anilines is 1. The average molecular weight is 448 g/mol. The van der Waals surface area contributed by atoms with Crippen LogP contribution in [0.1, 0.15) is 51.2 Å². The lowest BCUT2D eigenvalue weighted by molar-refractivity contribution is -0.113. The van der Waals surface area contributed by atoms with Crippen LogP contribution in [0.5, 0.6) is 0 Å². The Morgan fingerprint density at radius 2 is 2.00 bits per heavy atom. The third-order valence-electron chi connectivity index (χ3n) is 7.26. The number of nitrogens with one attached hydrogen (secondary N) is 2. The fourth-order valence-electron chi connectivity index (χ4n) is 4.88. The molecule has 3 aliphatic rings. The number of nitrogens with zero attached hydrogens (tertiary/aromatic N) is 3. The molecule has 6 nitrogen and oxygen atoms in total. The fraction of sp³-hybridized carbons (Fsp3) is 0.556. The highest BCUT2D eigenvalue weighted by Gasteiger charge is 2.25. The van der Waals surface area contributed by atoms with Gasteiger partial charge in [0.15, 0.2) is 0 Å². The zero-order valence-electron chi connectivity index (χ0n) is 20.3. The number of carbonyl (C=O) groups is 1. The van der Waals surface area contributed by atoms with E-state index in [0.29, 0.717) is 17.7 Å². The molecule has 2 aliphatic heterocycles. The third-order valence-corrected chi connectivity index (χ3v) is 7.26. The highest BCUT2D eigenvalue weighted by atomic mass is 16.2. The van der Waals surface area contributed by atoms with Gasteiger partial charge in [0.05, 0.1) is 17.7 Å². The van der Waals surface area contributed by atoms with Gasteiger partial charge in [0, 0.05) is 50.5 Å². The molecule has 33 heavy (non-hydrogen) atoms. The third kappa shape index (κ3) is 5.85. The van der Waals surface area contributed by atoms with Crippen LogP contribution in [0.25, 0.3) is 5.57 Å². The first-order valence-corrected chi connectivity index (χ1v) is 12.3. The van der Waals surface area contributed by atoms with E-state index < -0.39 is 0 Å². The van der Waals surface area contributed by atoms with E-state index >= 15 is 0 Å². The number of hydrogen-bond donors (Lipinski definition) is 2. The molecule has 1 unspecified atom stereocenters. The molecule has 0 radical (unpaired) electrons. The van der Waals surface area contributed by atoms with Gasteiger partial charge in [0.2, 0.25) is 0 Å². The van der Waals surface area contributed by atoms with Crippen molar-refractivity contribution in [2.24, 2.45) is 11.3 Å². The van der Waals surface area contributed by atoms with Crippen molar-refractivity contribution in [2.45, 2.75) is 46.6 Å². The Hall–Kier alpha value is -2.62. The second kappa shape index (κ2) is 10.1. The van der Waals surface area contributed by atoms with Gasteiger partial charge in [-0.05, 0) is 60.6 Å². The maximum atomic E-state index is 12.9. The van der Waals surface area contributed by atoms with Gasteiger partial charge in [0.1, 0.15) is 0 Å². The van der Waals surface area contributed by atoms with Gasteiger partial charge >= 0.3 is 0 Å². The van der Waals surface area contributed by atoms with Crippen molar-refractivity contribution in [3.8, 4) is 6.07 Å². The molecule has 1 saturated heterocycles. The Balaban J connectivity index is 1.55. The van der Waals surface area contributed by atoms with Crippen LogP contribution < -0.4 is 10.6 Å². The molecular formula is C27H37N5O. The van der Waals surface area contributed by atoms with Crippen LogP contribution in [0, 0.1) is 22.7 Å². The molecule has 1 aliphatic carbocycles. The number of hydrogen-bond acceptors (Lipinski definition) is 5. The quantitative estimate of drug-likeness (QED) is 0.690. The summed E-state index contributed by atoms with van der Waals surface area (Å²) in [6, 6.07) is 8.68. The molecule has 2 N–H and O–H groups in total. The van der Waals surface area contributed by atoms with E-state index in [-0.39, 0.29) is 11.8 Å². The summed E-state index contributed by atoms with van der Waals surface area (Å²) in [7, 11) is 0. The monoisotopic (exact) mass is 447 g/mol. The minimum absolute atomic E-state index is 0.172. The van der Waals surface area contributed by atoms with Crippen molar-refractivity contribution in [3.63, 3.8) is 0 Å². The van der Waals surface area contributed by atoms with E-state index in [1.165, 1.54) is 11.1 Å². The number of carbonyl (C=O) groups excluding carboxylic acids is 1. The molecule has 1 atom stereocenters. The van der Waals surface area contributed by atoms with Crippen molar-refractivity contribution >= 4 is 17.2 Å². The maximum Gasteiger partial charge on any atom is 0.271 e. The minimum atomic E-state index is -0.246. The van der Waals surface area contributed by atoms with Crippen LogP contribution in [0.15, 0.2) is 36.0 Å². The summed E-state index contributed by atoms with van der Waals surface area (Å²) in [5.41, 5.74) is 5.43. The molecule has 1 aromatic rings. The molecular weight excluding hydrogens is 410 g/mol. The van der Waals surface area contributed by atoms with Crippen LogP contribution in [0.4, 0.5) is 5.69 Å². The van der Waals surface area contributed by atoms with E-state index in [1.54, 1.807) is 6.08 Å². The molecule has 1 aromatic carbocycles. The second-order valence-electron chi connectivity index (χ2n) is 10.3. The molecule has 176 valence electrons. The van der Waals surface area contributed by atoms with Gasteiger partial charge in [0.25, 0.3) is 5.91 Å². The number of likely N-dealkylation sites (N-methyl/N-ethyl adjacent to an activating group) is 1. The standard InChI is InChI=1S/C27H37N5O/c1-4-31-11-13-32(14-12-31)19-20-5-6-24(30-26(33)25-16-21(17-28)18-29-25)23(15-20)22-7-9-27(2,3)10-8-22/h5-7,15-16,21,29H,4,8-14,18-19H2,1-3H3,(H,30,33). The highest BCUT2D eigenvalue weighted by Crippen LogP contribution is 2.40. The summed E-state index contributed by atoms with van der Waals surface area (Å²) >= 11 is 0. The van der Waals surface area contributed by atoms with E-state index in [0.717, 1.165) is 69.8 Å². The van der Waals surface area contributed by atoms with Crippen LogP contribution in [-0.4, -0.2) is 55.0 Å². The predicted octanol–water partition coefficient (Wildman–Crippen LogP) is 3.98. The van der Waals surface area contributed by atoms with Crippen LogP contribution >= 0.6 is 0 Å². The lowest BCUT2D eigenvalue weighted by Crippen LogP contribution is -2.45. The molecule has 0 saturated carbocycles. The number of allylic oxidation sites excluding steroid dienone is 2. The minimum Gasteiger partial charge on any atom is -0.379 e. The largest absolute Gasteiger partial charge is 0.379 e. The van der Waals surface area contributed by atoms with Crippen molar-refractivity contribution in [1.82, 2.24) is 15.1 Å². The van der Waals surface area contributed by atoms with E-state index in [2.05, 4.69) is 71.5 Å². The topological polar surface area (TPSA) is 71.4 Å². The smallest absolute Gasteiger partial charge is 0.271 e. The maximum absolute atomic E-state index is 12.9. The van der Waals surface area contributed by atoms with Gasteiger partial charge in [-0.25, -0.2) is 0 Å². The van der Waals surface area contributed by atoms with Gasteiger partial charge in [-0.2, -0.15) is 5.26 Å². The predicted molar refractivity (Wildman–Crippen MR) is 133 cm³/mol. The molecule has 1 fully saturated rings. The number of piperazine rings is 1. The lowest BCUT2D eigenvalue weighted by atomic mass is 9.76. The van der Waals surface area contributed by atoms with E-state index in [1.807, 2.05) is 0 Å². The summed E-state index contributed by atoms with van der Waals surface area (Å²) in [4.78, 5) is 17.9. The van der Waals surface area contributed by atoms with Crippen LogP contribution in [-0.2, 0) is 11.3 Å². The first kappa shape index (κ1) is 23.5. The Bertz CT molecular complexity index is 979. The normalized spacial score (nSPS) is 23.3. The van der Waals surface area contributed by atoms with E-state index in [9.17, 15) is 4.79 Å². The van der Waals surface area contributed by atoms with Crippen molar-refractivity contribution < 1.29 is 4.79 Å². The highest BCUT2D eigenvalue weighted by molar-refractivity contribution is 6.05. The van der Waals surface area contributed by atoms with Crippen LogP contribution in [0.2, 0.25) is 0 Å². The number of nitriles is 1. The van der Waals surface area contributed by atoms with Crippen molar-refractivity contribution in [3.05, 3.63) is 47.2 Å². The number of amides is 1. The fourth-order valence-corrected chi connectivity index (χ4v) is 4.88. The number of benzene rings is 1. The summed E-state index contributed by atoms with van der Waals surface area (Å²) in [5.74, 6) is -0.418. The first-order valence-electron chi connectivity index (χ1n) is 12.3.